The van der Waals surface area contributed by atoms with E-state index in [1.165, 1.54) is 231 Å². The summed E-state index contributed by atoms with van der Waals surface area (Å²) < 4.78 is 68.4. The lowest BCUT2D eigenvalue weighted by molar-refractivity contribution is -0.161. The van der Waals surface area contributed by atoms with Gasteiger partial charge in [0.1, 0.15) is 19.3 Å². The first-order chi connectivity index (χ1) is 47.9. The van der Waals surface area contributed by atoms with E-state index in [0.717, 1.165) is 108 Å². The van der Waals surface area contributed by atoms with Crippen LogP contribution in [0.5, 0.6) is 0 Å². The zero-order chi connectivity index (χ0) is 72.8. The molecule has 0 bridgehead atoms. The fourth-order valence-electron chi connectivity index (χ4n) is 12.4. The number of carbonyl (C=O) groups excluding carboxylic acids is 4. The van der Waals surface area contributed by atoms with Crippen molar-refractivity contribution in [2.24, 2.45) is 11.8 Å². The fraction of sp³-hybridized carbons (Fsp3) is 0.950. The summed E-state index contributed by atoms with van der Waals surface area (Å²) >= 11 is 0. The third-order valence-electron chi connectivity index (χ3n) is 18.7. The molecule has 0 aromatic rings. The number of aliphatic hydroxyl groups is 1. The van der Waals surface area contributed by atoms with Gasteiger partial charge in [0.05, 0.1) is 26.4 Å². The maximum atomic E-state index is 13.1. The van der Waals surface area contributed by atoms with E-state index in [1.54, 1.807) is 0 Å². The Morgan fingerprint density at radius 2 is 0.465 bits per heavy atom. The van der Waals surface area contributed by atoms with Crippen molar-refractivity contribution in [2.75, 3.05) is 39.6 Å². The van der Waals surface area contributed by atoms with Gasteiger partial charge >= 0.3 is 39.5 Å². The largest absolute Gasteiger partial charge is 0.472 e. The minimum Gasteiger partial charge on any atom is -0.462 e. The van der Waals surface area contributed by atoms with E-state index >= 15 is 0 Å². The number of rotatable bonds is 79. The Balaban J connectivity index is 5.09. The van der Waals surface area contributed by atoms with E-state index in [2.05, 4.69) is 41.5 Å². The molecule has 0 fully saturated rings. The van der Waals surface area contributed by atoms with E-state index in [4.69, 9.17) is 37.0 Å². The predicted octanol–water partition coefficient (Wildman–Crippen LogP) is 23.9. The van der Waals surface area contributed by atoms with Crippen LogP contribution in [0.15, 0.2) is 0 Å². The lowest BCUT2D eigenvalue weighted by Crippen LogP contribution is -2.30. The molecule has 0 aliphatic carbocycles. The monoisotopic (exact) mass is 1450 g/mol. The molecule has 0 heterocycles. The average Bonchev–Trinajstić information content (AvgIpc) is 1.02. The molecule has 3 N–H and O–H groups in total. The van der Waals surface area contributed by atoms with Gasteiger partial charge in [0.2, 0.25) is 0 Å². The predicted molar refractivity (Wildman–Crippen MR) is 405 cm³/mol. The molecule has 0 aliphatic heterocycles. The number of phosphoric acid groups is 2. The van der Waals surface area contributed by atoms with Gasteiger partial charge in [-0.3, -0.25) is 37.3 Å². The topological polar surface area (TPSA) is 237 Å². The van der Waals surface area contributed by atoms with Crippen LogP contribution < -0.4 is 0 Å². The highest BCUT2D eigenvalue weighted by Crippen LogP contribution is 2.45. The zero-order valence-corrected chi connectivity index (χ0v) is 66.6. The Morgan fingerprint density at radius 1 is 0.273 bits per heavy atom. The fourth-order valence-corrected chi connectivity index (χ4v) is 13.9. The van der Waals surface area contributed by atoms with Crippen LogP contribution in [0.3, 0.4) is 0 Å². The number of phosphoric ester groups is 2. The maximum Gasteiger partial charge on any atom is 0.472 e. The van der Waals surface area contributed by atoms with Crippen LogP contribution in [0.2, 0.25) is 0 Å². The highest BCUT2D eigenvalue weighted by Gasteiger charge is 2.30. The highest BCUT2D eigenvalue weighted by atomic mass is 31.2. The molecule has 0 saturated heterocycles. The van der Waals surface area contributed by atoms with Crippen molar-refractivity contribution < 1.29 is 80.2 Å². The quantitative estimate of drug-likeness (QED) is 0.0222. The number of carbonyl (C=O) groups is 4. The molecule has 99 heavy (non-hydrogen) atoms. The summed E-state index contributed by atoms with van der Waals surface area (Å²) in [7, 11) is -9.90. The van der Waals surface area contributed by atoms with Gasteiger partial charge in [-0.05, 0) is 37.5 Å². The molecule has 588 valence electrons. The summed E-state index contributed by atoms with van der Waals surface area (Å²) in [4.78, 5) is 72.6. The molecule has 0 aromatic heterocycles. The Kier molecular flexibility index (Phi) is 70.3. The Bertz CT molecular complexity index is 1910. The van der Waals surface area contributed by atoms with Crippen molar-refractivity contribution in [3.63, 3.8) is 0 Å². The van der Waals surface area contributed by atoms with Gasteiger partial charge in [-0.1, -0.05) is 369 Å². The van der Waals surface area contributed by atoms with Crippen molar-refractivity contribution in [1.82, 2.24) is 0 Å². The number of hydrogen-bond acceptors (Lipinski definition) is 15. The molecule has 0 rings (SSSR count). The molecule has 0 saturated carbocycles. The summed E-state index contributed by atoms with van der Waals surface area (Å²) in [5, 5.41) is 10.6. The van der Waals surface area contributed by atoms with Gasteiger partial charge < -0.3 is 33.8 Å². The van der Waals surface area contributed by atoms with Gasteiger partial charge in [0.15, 0.2) is 12.2 Å². The standard InChI is InChI=1S/C80H156O17P2/c1-7-9-11-13-14-15-16-17-18-19-20-21-22-23-28-31-34-37-40-46-52-58-64-79(84)97-76(69-91-78(83)63-57-51-45-39-36-33-30-27-25-24-26-29-32-35-38-43-49-54-60-72(3)4)71-95-99(88,89)93-67-74(81)66-92-98(86,87)94-70-75(68-90-77(82)62-56-48-12-10-8-2)96-80(85)65-59-53-47-42-41-44-50-55-61-73(5)6/h72-76,81H,7-71H2,1-6H3,(H,86,87)(H,88,89)/t74-,75+,76+/m0/s1. The molecule has 2 unspecified atom stereocenters. The summed E-state index contributed by atoms with van der Waals surface area (Å²) in [5.74, 6) is -0.584. The van der Waals surface area contributed by atoms with Crippen LogP contribution in [0.1, 0.15) is 420 Å². The number of aliphatic hydroxyl groups excluding tert-OH is 1. The van der Waals surface area contributed by atoms with Crippen LogP contribution in [0, 0.1) is 11.8 Å². The van der Waals surface area contributed by atoms with Crippen molar-refractivity contribution >= 4 is 39.5 Å². The number of ether oxygens (including phenoxy) is 4. The highest BCUT2D eigenvalue weighted by molar-refractivity contribution is 7.47. The second-order valence-corrected chi connectivity index (χ2v) is 32.7. The Labute approximate surface area is 607 Å². The number of esters is 4. The minimum atomic E-state index is -4.96. The van der Waals surface area contributed by atoms with Gasteiger partial charge in [-0.2, -0.15) is 0 Å². The van der Waals surface area contributed by atoms with Gasteiger partial charge in [-0.25, -0.2) is 9.13 Å². The molecular weight excluding hydrogens is 1290 g/mol. The Hall–Kier alpha value is -1.94. The van der Waals surface area contributed by atoms with Gasteiger partial charge in [-0.15, -0.1) is 0 Å². The first-order valence-corrected chi connectivity index (χ1v) is 44.5. The molecule has 0 radical (unpaired) electrons. The van der Waals surface area contributed by atoms with Crippen LogP contribution in [0.4, 0.5) is 0 Å². The molecule has 19 heteroatoms. The third kappa shape index (κ3) is 74.1. The van der Waals surface area contributed by atoms with Gasteiger partial charge in [0, 0.05) is 25.7 Å². The summed E-state index contributed by atoms with van der Waals surface area (Å²) in [6.07, 6.45) is 61.9. The number of unbranched alkanes of at least 4 members (excludes halogenated alkanes) is 49. The van der Waals surface area contributed by atoms with Crippen molar-refractivity contribution in [1.29, 1.82) is 0 Å². The normalized spacial score (nSPS) is 13.9. The van der Waals surface area contributed by atoms with E-state index in [-0.39, 0.29) is 25.7 Å². The molecule has 0 amide bonds. The summed E-state index contributed by atoms with van der Waals surface area (Å²) in [6, 6.07) is 0. The van der Waals surface area contributed by atoms with Crippen molar-refractivity contribution in [2.45, 2.75) is 439 Å². The average molecular weight is 1450 g/mol. The van der Waals surface area contributed by atoms with Gasteiger partial charge in [0.25, 0.3) is 0 Å². The van der Waals surface area contributed by atoms with Crippen molar-refractivity contribution in [3.05, 3.63) is 0 Å². The van der Waals surface area contributed by atoms with E-state index < -0.39 is 97.5 Å². The van der Waals surface area contributed by atoms with E-state index in [0.29, 0.717) is 25.7 Å². The molecule has 5 atom stereocenters. The zero-order valence-electron chi connectivity index (χ0n) is 64.8. The second-order valence-electron chi connectivity index (χ2n) is 29.8. The SMILES string of the molecule is CCCCCCCCCCCCCCCCCCCCCCCCC(=O)O[C@H](COC(=O)CCCCCCCCCCCCCCCCCCCCC(C)C)COP(=O)(O)OC[C@@H](O)COP(=O)(O)OC[C@@H](COC(=O)CCCCCCC)OC(=O)CCCCCCCCCCC(C)C. The third-order valence-corrected chi connectivity index (χ3v) is 20.6. The molecule has 0 spiro atoms. The first-order valence-electron chi connectivity index (χ1n) is 41.5. The van der Waals surface area contributed by atoms with Crippen LogP contribution in [0.25, 0.3) is 0 Å². The van der Waals surface area contributed by atoms with Crippen LogP contribution >= 0.6 is 15.6 Å². The Morgan fingerprint density at radius 3 is 0.687 bits per heavy atom. The maximum absolute atomic E-state index is 13.1. The van der Waals surface area contributed by atoms with E-state index in [1.807, 2.05) is 0 Å². The van der Waals surface area contributed by atoms with Crippen LogP contribution in [-0.4, -0.2) is 96.7 Å². The number of hydrogen-bond donors (Lipinski definition) is 3. The second kappa shape index (κ2) is 71.7. The lowest BCUT2D eigenvalue weighted by atomic mass is 10.0. The molecular formula is C80H156O17P2. The molecule has 0 aromatic carbocycles. The smallest absolute Gasteiger partial charge is 0.462 e. The van der Waals surface area contributed by atoms with Crippen molar-refractivity contribution in [3.8, 4) is 0 Å². The minimum absolute atomic E-state index is 0.104. The van der Waals surface area contributed by atoms with Crippen LogP contribution in [-0.2, 0) is 65.4 Å². The summed E-state index contributed by atoms with van der Waals surface area (Å²) in [5.41, 5.74) is 0. The molecule has 0 aliphatic rings. The molecule has 17 nitrogen and oxygen atoms in total. The lowest BCUT2D eigenvalue weighted by Gasteiger charge is -2.21. The van der Waals surface area contributed by atoms with E-state index in [9.17, 15) is 43.2 Å². The first kappa shape index (κ1) is 97.1. The summed E-state index contributed by atoms with van der Waals surface area (Å²) in [6.45, 7) is 9.51.